The van der Waals surface area contributed by atoms with Crippen LogP contribution in [0.5, 0.6) is 5.75 Å². The zero-order valence-corrected chi connectivity index (χ0v) is 17.6. The van der Waals surface area contributed by atoms with E-state index in [0.29, 0.717) is 17.8 Å². The number of alkyl halides is 3. The fraction of sp³-hybridized carbons (Fsp3) is 0.273. The fourth-order valence-electron chi connectivity index (χ4n) is 3.44. The van der Waals surface area contributed by atoms with Crippen molar-refractivity contribution < 1.29 is 22.4 Å². The smallest absolute Gasteiger partial charge is 0.406 e. The van der Waals surface area contributed by atoms with E-state index in [4.69, 9.17) is 4.52 Å². The van der Waals surface area contributed by atoms with Crippen LogP contribution >= 0.6 is 0 Å². The van der Waals surface area contributed by atoms with Gasteiger partial charge in [-0.15, -0.1) is 13.2 Å². The number of ether oxygens (including phenoxy) is 1. The average molecular weight is 456 g/mol. The Kier molecular flexibility index (Phi) is 5.23. The molecule has 4 heterocycles. The molecule has 170 valence electrons. The maximum absolute atomic E-state index is 12.3. The summed E-state index contributed by atoms with van der Waals surface area (Å²) in [4.78, 5) is 11.1. The number of halogens is 3. The van der Waals surface area contributed by atoms with Crippen LogP contribution < -0.4 is 9.64 Å². The Morgan fingerprint density at radius 2 is 1.88 bits per heavy atom. The predicted molar refractivity (Wildman–Crippen MR) is 113 cm³/mol. The molecule has 1 aliphatic rings. The fourth-order valence-corrected chi connectivity index (χ4v) is 3.44. The molecule has 1 aliphatic heterocycles. The molecule has 0 atom stereocenters. The lowest BCUT2D eigenvalue weighted by Gasteiger charge is -2.31. The average Bonchev–Trinajstić information content (AvgIpc) is 3.35. The summed E-state index contributed by atoms with van der Waals surface area (Å²) in [5, 5.41) is 8.48. The zero-order valence-electron chi connectivity index (χ0n) is 17.6. The largest absolute Gasteiger partial charge is 0.573 e. The maximum atomic E-state index is 12.3. The van der Waals surface area contributed by atoms with Gasteiger partial charge in [-0.1, -0.05) is 11.2 Å². The van der Waals surface area contributed by atoms with Crippen LogP contribution in [0, 0.1) is 6.92 Å². The molecule has 0 aliphatic carbocycles. The van der Waals surface area contributed by atoms with Gasteiger partial charge < -0.3 is 14.2 Å². The number of pyridine rings is 1. The molecule has 0 spiro atoms. The second kappa shape index (κ2) is 8.23. The third-order valence-corrected chi connectivity index (χ3v) is 5.29. The molecule has 1 saturated heterocycles. The van der Waals surface area contributed by atoms with Crippen LogP contribution in [0.25, 0.3) is 23.0 Å². The molecule has 0 N–H and O–H groups in total. The van der Waals surface area contributed by atoms with Crippen molar-refractivity contribution in [2.75, 3.05) is 18.0 Å². The Balaban J connectivity index is 1.29. The Labute approximate surface area is 186 Å². The summed E-state index contributed by atoms with van der Waals surface area (Å²) in [6.07, 6.45) is -1.69. The van der Waals surface area contributed by atoms with Crippen molar-refractivity contribution in [3.63, 3.8) is 0 Å². The maximum Gasteiger partial charge on any atom is 0.573 e. The van der Waals surface area contributed by atoms with E-state index < -0.39 is 6.36 Å². The summed E-state index contributed by atoms with van der Waals surface area (Å²) in [6, 6.07) is 11.1. The standard InChI is InChI=1S/C22H19F3N6O2/c1-14-11-18(28-31(14)13-15-3-8-19(26-12-15)30-9-2-10-30)21-27-20(29-33-21)16-4-6-17(7-5-16)32-22(23,24)25/h3-8,11-12H,2,9-10,13H2,1H3. The van der Waals surface area contributed by atoms with Crippen LogP contribution in [0.1, 0.15) is 17.7 Å². The number of nitrogens with zero attached hydrogens (tertiary/aromatic N) is 6. The van der Waals surface area contributed by atoms with Gasteiger partial charge in [0.2, 0.25) is 5.82 Å². The lowest BCUT2D eigenvalue weighted by Crippen LogP contribution is -2.37. The monoisotopic (exact) mass is 456 g/mol. The van der Waals surface area contributed by atoms with Crippen molar-refractivity contribution in [1.82, 2.24) is 24.9 Å². The Hall–Kier alpha value is -3.89. The van der Waals surface area contributed by atoms with Gasteiger partial charge >= 0.3 is 6.36 Å². The van der Waals surface area contributed by atoms with Gasteiger partial charge in [-0.3, -0.25) is 4.68 Å². The second-order valence-corrected chi connectivity index (χ2v) is 7.69. The molecular formula is C22H19F3N6O2. The summed E-state index contributed by atoms with van der Waals surface area (Å²) in [7, 11) is 0. The van der Waals surface area contributed by atoms with Crippen LogP contribution in [-0.2, 0) is 6.54 Å². The second-order valence-electron chi connectivity index (χ2n) is 7.69. The first-order valence-electron chi connectivity index (χ1n) is 10.3. The molecule has 1 aromatic carbocycles. The summed E-state index contributed by atoms with van der Waals surface area (Å²) >= 11 is 0. The van der Waals surface area contributed by atoms with E-state index in [1.54, 1.807) is 0 Å². The number of aryl methyl sites for hydroxylation is 1. The quantitative estimate of drug-likeness (QED) is 0.424. The van der Waals surface area contributed by atoms with E-state index in [0.717, 1.165) is 30.2 Å². The normalized spacial score (nSPS) is 13.8. The van der Waals surface area contributed by atoms with Crippen molar-refractivity contribution in [2.24, 2.45) is 0 Å². The van der Waals surface area contributed by atoms with E-state index in [1.165, 1.54) is 30.7 Å². The minimum Gasteiger partial charge on any atom is -0.406 e. The lowest BCUT2D eigenvalue weighted by atomic mass is 10.2. The van der Waals surface area contributed by atoms with Gasteiger partial charge in [0.15, 0.2) is 5.69 Å². The molecule has 1 fully saturated rings. The van der Waals surface area contributed by atoms with Gasteiger partial charge in [0.1, 0.15) is 11.6 Å². The SMILES string of the molecule is Cc1cc(-c2nc(-c3ccc(OC(F)(F)F)cc3)no2)nn1Cc1ccc(N2CCC2)nc1. The van der Waals surface area contributed by atoms with Crippen molar-refractivity contribution in [1.29, 1.82) is 0 Å². The first kappa shape index (κ1) is 21.0. The molecule has 5 rings (SSSR count). The number of anilines is 1. The van der Waals surface area contributed by atoms with Gasteiger partial charge in [0.05, 0.1) is 6.54 Å². The van der Waals surface area contributed by atoms with Crippen molar-refractivity contribution >= 4 is 5.82 Å². The molecule has 0 radical (unpaired) electrons. The van der Waals surface area contributed by atoms with Crippen LogP contribution in [-0.4, -0.2) is 44.4 Å². The van der Waals surface area contributed by atoms with E-state index in [1.807, 2.05) is 36.0 Å². The number of aromatic nitrogens is 5. The molecule has 11 heteroatoms. The summed E-state index contributed by atoms with van der Waals surface area (Å²) in [5.41, 5.74) is 2.92. The molecule has 0 saturated carbocycles. The van der Waals surface area contributed by atoms with E-state index in [2.05, 4.69) is 29.9 Å². The van der Waals surface area contributed by atoms with Gasteiger partial charge in [-0.25, -0.2) is 4.98 Å². The first-order valence-corrected chi connectivity index (χ1v) is 10.3. The molecule has 3 aromatic heterocycles. The van der Waals surface area contributed by atoms with Crippen molar-refractivity contribution in [2.45, 2.75) is 26.3 Å². The minimum atomic E-state index is -4.75. The van der Waals surface area contributed by atoms with E-state index in [9.17, 15) is 13.2 Å². The summed E-state index contributed by atoms with van der Waals surface area (Å²) in [5.74, 6) is 1.12. The molecule has 0 unspecified atom stereocenters. The molecule has 4 aromatic rings. The summed E-state index contributed by atoms with van der Waals surface area (Å²) < 4.78 is 48.0. The molecule has 0 amide bonds. The van der Waals surface area contributed by atoms with E-state index in [-0.39, 0.29) is 17.5 Å². The van der Waals surface area contributed by atoms with Gasteiger partial charge in [-0.05, 0) is 55.3 Å². The molecule has 33 heavy (non-hydrogen) atoms. The van der Waals surface area contributed by atoms with Crippen LogP contribution in [0.2, 0.25) is 0 Å². The number of hydrogen-bond acceptors (Lipinski definition) is 7. The van der Waals surface area contributed by atoms with Crippen LogP contribution in [0.4, 0.5) is 19.0 Å². The van der Waals surface area contributed by atoms with Crippen molar-refractivity contribution in [3.05, 3.63) is 59.9 Å². The third-order valence-electron chi connectivity index (χ3n) is 5.29. The number of hydrogen-bond donors (Lipinski definition) is 0. The van der Waals surface area contributed by atoms with E-state index >= 15 is 0 Å². The summed E-state index contributed by atoms with van der Waals surface area (Å²) in [6.45, 7) is 4.56. The van der Waals surface area contributed by atoms with Gasteiger partial charge in [-0.2, -0.15) is 10.1 Å². The Morgan fingerprint density at radius 3 is 2.52 bits per heavy atom. The topological polar surface area (TPSA) is 82.1 Å². The highest BCUT2D eigenvalue weighted by Crippen LogP contribution is 2.27. The number of rotatable bonds is 6. The molecule has 8 nitrogen and oxygen atoms in total. The highest BCUT2D eigenvalue weighted by atomic mass is 19.4. The highest BCUT2D eigenvalue weighted by molar-refractivity contribution is 5.59. The van der Waals surface area contributed by atoms with Crippen LogP contribution in [0.3, 0.4) is 0 Å². The first-order chi connectivity index (χ1) is 15.8. The van der Waals surface area contributed by atoms with Gasteiger partial charge in [0.25, 0.3) is 5.89 Å². The Morgan fingerprint density at radius 1 is 1.09 bits per heavy atom. The predicted octanol–water partition coefficient (Wildman–Crippen LogP) is 4.46. The zero-order chi connectivity index (χ0) is 23.0. The van der Waals surface area contributed by atoms with Gasteiger partial charge in [0, 0.05) is 30.5 Å². The Bertz CT molecular complexity index is 1240. The third kappa shape index (κ3) is 4.66. The molecule has 0 bridgehead atoms. The number of benzene rings is 1. The molecular weight excluding hydrogens is 437 g/mol. The minimum absolute atomic E-state index is 0.216. The van der Waals surface area contributed by atoms with Crippen LogP contribution in [0.15, 0.2) is 53.2 Å². The highest BCUT2D eigenvalue weighted by Gasteiger charge is 2.31. The van der Waals surface area contributed by atoms with Crippen molar-refractivity contribution in [3.8, 4) is 28.7 Å². The lowest BCUT2D eigenvalue weighted by molar-refractivity contribution is -0.274.